The summed E-state index contributed by atoms with van der Waals surface area (Å²) in [4.78, 5) is 24.2. The van der Waals surface area contributed by atoms with Crippen LogP contribution in [0.2, 0.25) is 0 Å². The number of aliphatic carboxylic acids is 2. The molecular formula is C18H14O5. The Morgan fingerprint density at radius 3 is 2.04 bits per heavy atom. The molecule has 2 aliphatic rings. The van der Waals surface area contributed by atoms with E-state index >= 15 is 0 Å². The lowest BCUT2D eigenvalue weighted by Gasteiger charge is -2.41. The number of aliphatic hydroxyl groups excluding tert-OH is 1. The van der Waals surface area contributed by atoms with Crippen LogP contribution >= 0.6 is 0 Å². The summed E-state index contributed by atoms with van der Waals surface area (Å²) in [6.07, 6.45) is -1.41. The van der Waals surface area contributed by atoms with Gasteiger partial charge in [0.05, 0.1) is 5.92 Å². The molecule has 2 aromatic carbocycles. The third kappa shape index (κ3) is 1.45. The highest BCUT2D eigenvalue weighted by Crippen LogP contribution is 2.63. The van der Waals surface area contributed by atoms with Crippen molar-refractivity contribution in [3.8, 4) is 0 Å². The van der Waals surface area contributed by atoms with Crippen LogP contribution in [0.15, 0.2) is 48.5 Å². The average Bonchev–Trinajstić information content (AvgIpc) is 2.82. The van der Waals surface area contributed by atoms with Crippen molar-refractivity contribution in [3.63, 3.8) is 0 Å². The van der Waals surface area contributed by atoms with E-state index in [1.807, 2.05) is 0 Å². The highest BCUT2D eigenvalue weighted by atomic mass is 16.4. The maximum atomic E-state index is 12.2. The molecule has 0 radical (unpaired) electrons. The molecule has 0 fully saturated rings. The normalized spacial score (nSPS) is 30.4. The lowest BCUT2D eigenvalue weighted by atomic mass is 9.61. The van der Waals surface area contributed by atoms with Crippen molar-refractivity contribution < 1.29 is 24.9 Å². The van der Waals surface area contributed by atoms with Gasteiger partial charge in [0.15, 0.2) is 0 Å². The van der Waals surface area contributed by atoms with Gasteiger partial charge in [-0.25, -0.2) is 0 Å². The van der Waals surface area contributed by atoms with Gasteiger partial charge in [-0.05, 0) is 22.3 Å². The van der Waals surface area contributed by atoms with Gasteiger partial charge in [-0.1, -0.05) is 48.5 Å². The van der Waals surface area contributed by atoms with Gasteiger partial charge in [-0.3, -0.25) is 9.59 Å². The number of benzene rings is 2. The van der Waals surface area contributed by atoms with Crippen molar-refractivity contribution in [2.75, 3.05) is 0 Å². The molecule has 0 spiro atoms. The van der Waals surface area contributed by atoms with E-state index in [-0.39, 0.29) is 0 Å². The zero-order chi connectivity index (χ0) is 16.4. The summed E-state index contributed by atoms with van der Waals surface area (Å²) in [5.74, 6) is -4.31. The maximum Gasteiger partial charge on any atom is 0.318 e. The molecule has 3 N–H and O–H groups in total. The van der Waals surface area contributed by atoms with E-state index in [9.17, 15) is 24.9 Å². The molecule has 0 amide bonds. The minimum atomic E-state index is -1.86. The van der Waals surface area contributed by atoms with Crippen molar-refractivity contribution in [1.29, 1.82) is 0 Å². The van der Waals surface area contributed by atoms with Crippen LogP contribution in [0, 0.1) is 5.92 Å². The topological polar surface area (TPSA) is 94.8 Å². The van der Waals surface area contributed by atoms with E-state index in [4.69, 9.17) is 0 Å². The molecule has 2 aromatic rings. The lowest BCUT2D eigenvalue weighted by molar-refractivity contribution is -0.163. The smallest absolute Gasteiger partial charge is 0.318 e. The first-order valence-corrected chi connectivity index (χ1v) is 7.33. The molecule has 4 unspecified atom stereocenters. The Balaban J connectivity index is 2.16. The standard InChI is InChI=1S/C18H14O5/c19-15-10-6-2-1-5-9(10)13-11-7-3-4-8-12(11)18(15,17(22)23)14(13)16(20)21/h1-8,13-15,19H,(H,20,21)(H,22,23). The van der Waals surface area contributed by atoms with Gasteiger partial charge in [-0.2, -0.15) is 0 Å². The molecule has 116 valence electrons. The fourth-order valence-corrected chi connectivity index (χ4v) is 4.41. The van der Waals surface area contributed by atoms with Crippen LogP contribution in [0.5, 0.6) is 0 Å². The first-order chi connectivity index (χ1) is 11.0. The van der Waals surface area contributed by atoms with Crippen molar-refractivity contribution in [2.45, 2.75) is 17.4 Å². The molecule has 2 bridgehead atoms. The van der Waals surface area contributed by atoms with Crippen molar-refractivity contribution in [1.82, 2.24) is 0 Å². The Morgan fingerprint density at radius 1 is 0.870 bits per heavy atom. The SMILES string of the molecule is O=C(O)C1C2c3ccccc3C(O)C1(C(=O)O)c1ccccc12. The first-order valence-electron chi connectivity index (χ1n) is 7.33. The minimum absolute atomic E-state index is 0.397. The Hall–Kier alpha value is -2.66. The van der Waals surface area contributed by atoms with Gasteiger partial charge in [0.25, 0.3) is 0 Å². The zero-order valence-corrected chi connectivity index (χ0v) is 12.0. The van der Waals surface area contributed by atoms with E-state index in [0.29, 0.717) is 22.3 Å². The van der Waals surface area contributed by atoms with E-state index in [1.165, 1.54) is 0 Å². The molecule has 23 heavy (non-hydrogen) atoms. The Labute approximate surface area is 131 Å². The van der Waals surface area contributed by atoms with Crippen LogP contribution in [0.3, 0.4) is 0 Å². The fourth-order valence-electron chi connectivity index (χ4n) is 4.41. The molecular weight excluding hydrogens is 296 g/mol. The van der Waals surface area contributed by atoms with E-state index in [2.05, 4.69) is 0 Å². The van der Waals surface area contributed by atoms with Crippen LogP contribution in [-0.4, -0.2) is 27.3 Å². The largest absolute Gasteiger partial charge is 0.481 e. The predicted molar refractivity (Wildman–Crippen MR) is 80.1 cm³/mol. The number of hydrogen-bond donors (Lipinski definition) is 3. The first kappa shape index (κ1) is 14.0. The van der Waals surface area contributed by atoms with Crippen molar-refractivity contribution in [2.24, 2.45) is 5.92 Å². The van der Waals surface area contributed by atoms with Crippen LogP contribution in [0.1, 0.15) is 34.3 Å². The van der Waals surface area contributed by atoms with Crippen LogP contribution in [-0.2, 0) is 15.0 Å². The molecule has 5 nitrogen and oxygen atoms in total. The Morgan fingerprint density at radius 2 is 1.43 bits per heavy atom. The molecule has 0 aliphatic heterocycles. The second-order valence-electron chi connectivity index (χ2n) is 6.09. The van der Waals surface area contributed by atoms with Crippen molar-refractivity contribution >= 4 is 11.9 Å². The van der Waals surface area contributed by atoms with E-state index in [1.54, 1.807) is 48.5 Å². The number of hydrogen-bond acceptors (Lipinski definition) is 3. The number of carboxylic acids is 2. The third-order valence-electron chi connectivity index (χ3n) is 5.24. The second kappa shape index (κ2) is 4.43. The zero-order valence-electron chi connectivity index (χ0n) is 12.0. The third-order valence-corrected chi connectivity index (χ3v) is 5.24. The summed E-state index contributed by atoms with van der Waals surface area (Å²) in [5.41, 5.74) is 0.393. The number of fused-ring (bicyclic) bond motifs is 7. The summed E-state index contributed by atoms with van der Waals surface area (Å²) in [5, 5.41) is 30.6. The van der Waals surface area contributed by atoms with E-state index < -0.39 is 35.3 Å². The number of carboxylic acid groups (broad SMARTS) is 2. The van der Waals surface area contributed by atoms with Gasteiger partial charge in [0.1, 0.15) is 11.5 Å². The molecule has 5 heteroatoms. The van der Waals surface area contributed by atoms with Crippen LogP contribution < -0.4 is 0 Å². The molecule has 0 aromatic heterocycles. The van der Waals surface area contributed by atoms with Gasteiger partial charge in [0, 0.05) is 5.92 Å². The number of rotatable bonds is 2. The lowest BCUT2D eigenvalue weighted by Crippen LogP contribution is -2.51. The highest BCUT2D eigenvalue weighted by molar-refractivity contribution is 5.94. The second-order valence-corrected chi connectivity index (χ2v) is 6.09. The number of carbonyl (C=O) groups is 2. The quantitative estimate of drug-likeness (QED) is 0.787. The van der Waals surface area contributed by atoms with Gasteiger partial charge in [-0.15, -0.1) is 0 Å². The molecule has 0 saturated carbocycles. The fraction of sp³-hybridized carbons (Fsp3) is 0.222. The summed E-state index contributed by atoms with van der Waals surface area (Å²) < 4.78 is 0. The summed E-state index contributed by atoms with van der Waals surface area (Å²) in [7, 11) is 0. The number of aliphatic hydroxyl groups is 1. The van der Waals surface area contributed by atoms with E-state index in [0.717, 1.165) is 0 Å². The maximum absolute atomic E-state index is 12.2. The summed E-state index contributed by atoms with van der Waals surface area (Å²) in [6.45, 7) is 0. The summed E-state index contributed by atoms with van der Waals surface area (Å²) >= 11 is 0. The summed E-state index contributed by atoms with van der Waals surface area (Å²) in [6, 6.07) is 13.8. The van der Waals surface area contributed by atoms with Crippen molar-refractivity contribution in [3.05, 3.63) is 70.8 Å². The Kier molecular flexibility index (Phi) is 2.69. The average molecular weight is 310 g/mol. The van der Waals surface area contributed by atoms with Crippen LogP contribution in [0.25, 0.3) is 0 Å². The molecule has 0 heterocycles. The molecule has 4 rings (SSSR count). The minimum Gasteiger partial charge on any atom is -0.481 e. The highest BCUT2D eigenvalue weighted by Gasteiger charge is 2.67. The molecule has 2 aliphatic carbocycles. The van der Waals surface area contributed by atoms with Gasteiger partial charge < -0.3 is 15.3 Å². The predicted octanol–water partition coefficient (Wildman–Crippen LogP) is 1.90. The molecule has 4 atom stereocenters. The monoisotopic (exact) mass is 310 g/mol. The Bertz CT molecular complexity index is 843. The molecule has 0 saturated heterocycles. The van der Waals surface area contributed by atoms with Gasteiger partial charge in [0.2, 0.25) is 0 Å². The van der Waals surface area contributed by atoms with Gasteiger partial charge >= 0.3 is 11.9 Å². The van der Waals surface area contributed by atoms with Crippen LogP contribution in [0.4, 0.5) is 0 Å².